The van der Waals surface area contributed by atoms with Crippen molar-refractivity contribution in [1.29, 1.82) is 5.41 Å². The van der Waals surface area contributed by atoms with E-state index < -0.39 is 10.2 Å². The van der Waals surface area contributed by atoms with Gasteiger partial charge >= 0.3 is 0 Å². The van der Waals surface area contributed by atoms with Crippen LogP contribution in [0.5, 0.6) is 0 Å². The highest BCUT2D eigenvalue weighted by Gasteiger charge is 1.98. The minimum absolute atomic E-state index is 0.121. The van der Waals surface area contributed by atoms with Crippen molar-refractivity contribution >= 4 is 5.84 Å². The van der Waals surface area contributed by atoms with Gasteiger partial charge in [0.05, 0.1) is 14.9 Å². The first-order chi connectivity index (χ1) is 6.30. The second-order valence-electron chi connectivity index (χ2n) is 2.18. The van der Waals surface area contributed by atoms with Gasteiger partial charge in [-0.1, -0.05) is 30.3 Å². The highest BCUT2D eigenvalue weighted by atomic mass is 35.7. The average molecular weight is 221 g/mol. The molecule has 0 spiro atoms. The van der Waals surface area contributed by atoms with Crippen LogP contribution in [0, 0.1) is 15.7 Å². The van der Waals surface area contributed by atoms with Crippen LogP contribution < -0.4 is 19.7 Å². The Morgan fingerprint density at radius 2 is 1.57 bits per heavy atom. The quantitative estimate of drug-likeness (QED) is 0.339. The Balaban J connectivity index is 0.000000292. The van der Waals surface area contributed by atoms with E-state index in [1.807, 2.05) is 30.3 Å². The molecule has 0 bridgehead atoms. The Bertz CT molecular complexity index is 279. The number of amidine groups is 1. The van der Waals surface area contributed by atoms with E-state index in [1.54, 1.807) is 0 Å². The zero-order chi connectivity index (χ0) is 11.2. The Labute approximate surface area is 82.5 Å². The number of hydrogen-bond acceptors (Lipinski definition) is 5. The normalized spacial score (nSPS) is 10.0. The molecular formula is C7H9ClN2O4. The maximum Gasteiger partial charge on any atom is 0.122 e. The molecule has 4 N–H and O–H groups in total. The average Bonchev–Trinajstić information content (AvgIpc) is 2.03. The number of rotatable bonds is 1. The standard InChI is InChI=1S/C7H8N2.ClHO4/c8-7(9)6-4-2-1-3-5-6;2-1(3,4)5/h1-5H,(H3,8,9);(H,2,3,4,5). The van der Waals surface area contributed by atoms with Crippen molar-refractivity contribution in [3.8, 4) is 0 Å². The summed E-state index contributed by atoms with van der Waals surface area (Å²) in [7, 11) is -4.69. The van der Waals surface area contributed by atoms with E-state index in [2.05, 4.69) is 0 Å². The van der Waals surface area contributed by atoms with Gasteiger partial charge in [0.15, 0.2) is 0 Å². The molecule has 0 heterocycles. The Morgan fingerprint density at radius 3 is 1.79 bits per heavy atom. The van der Waals surface area contributed by atoms with Gasteiger partial charge in [-0.15, -0.1) is 0 Å². The van der Waals surface area contributed by atoms with E-state index in [4.69, 9.17) is 29.8 Å². The van der Waals surface area contributed by atoms with Crippen LogP contribution in [0.2, 0.25) is 0 Å². The number of nitrogens with one attached hydrogen (secondary N) is 1. The minimum atomic E-state index is -4.69. The largest absolute Gasteiger partial charge is 0.384 e. The van der Waals surface area contributed by atoms with Crippen molar-refractivity contribution in [1.82, 2.24) is 0 Å². The third-order valence-corrected chi connectivity index (χ3v) is 1.08. The van der Waals surface area contributed by atoms with E-state index in [0.29, 0.717) is 0 Å². The number of nitrogen functional groups attached to an aromatic ring is 1. The van der Waals surface area contributed by atoms with Crippen molar-refractivity contribution in [2.24, 2.45) is 5.73 Å². The first kappa shape index (κ1) is 12.8. The molecule has 0 fully saturated rings. The monoisotopic (exact) mass is 220 g/mol. The fraction of sp³-hybridized carbons (Fsp3) is 0. The zero-order valence-electron chi connectivity index (χ0n) is 7.01. The fourth-order valence-electron chi connectivity index (χ4n) is 0.618. The predicted molar refractivity (Wildman–Crippen MR) is 39.7 cm³/mol. The molecule has 1 aromatic rings. The van der Waals surface area contributed by atoms with Crippen LogP contribution in [-0.2, 0) is 0 Å². The summed E-state index contributed by atoms with van der Waals surface area (Å²) in [4.78, 5) is 0. The fourth-order valence-corrected chi connectivity index (χ4v) is 0.618. The molecule has 0 aliphatic carbocycles. The molecule has 1 rings (SSSR count). The van der Waals surface area contributed by atoms with Gasteiger partial charge in [-0.3, -0.25) is 5.41 Å². The predicted octanol–water partition coefficient (Wildman–Crippen LogP) is -3.15. The number of hydrogen-bond donors (Lipinski definition) is 3. The Kier molecular flexibility index (Phi) is 5.06. The molecule has 0 saturated carbocycles. The third kappa shape index (κ3) is 8.91. The summed E-state index contributed by atoms with van der Waals surface area (Å²) in [5, 5.41) is 7.01. The minimum Gasteiger partial charge on any atom is -0.384 e. The summed E-state index contributed by atoms with van der Waals surface area (Å²) in [6, 6.07) is 9.23. The van der Waals surface area contributed by atoms with Gasteiger partial charge < -0.3 is 5.73 Å². The highest BCUT2D eigenvalue weighted by molar-refractivity contribution is 5.94. The summed E-state index contributed by atoms with van der Waals surface area (Å²) in [5.74, 6) is 0.121. The van der Waals surface area contributed by atoms with Gasteiger partial charge in [-0.25, -0.2) is 0 Å². The lowest BCUT2D eigenvalue weighted by atomic mass is 10.2. The first-order valence-corrected chi connectivity index (χ1v) is 4.60. The van der Waals surface area contributed by atoms with Crippen LogP contribution in [0.15, 0.2) is 30.3 Å². The lowest BCUT2D eigenvalue weighted by molar-refractivity contribution is -1.92. The smallest absolute Gasteiger partial charge is 0.122 e. The molecule has 0 unspecified atom stereocenters. The zero-order valence-corrected chi connectivity index (χ0v) is 7.77. The van der Waals surface area contributed by atoms with Gasteiger partial charge in [-0.05, 0) is 0 Å². The molecule has 0 radical (unpaired) electrons. The summed E-state index contributed by atoms with van der Waals surface area (Å²) in [6.45, 7) is 0. The number of halogens is 1. The maximum absolute atomic E-state index is 8.60. The summed E-state index contributed by atoms with van der Waals surface area (Å²) >= 11 is 0. The molecule has 0 aliphatic rings. The van der Waals surface area contributed by atoms with Crippen molar-refractivity contribution in [3.63, 3.8) is 0 Å². The molecule has 14 heavy (non-hydrogen) atoms. The van der Waals surface area contributed by atoms with Gasteiger partial charge in [0.2, 0.25) is 0 Å². The van der Waals surface area contributed by atoms with Crippen LogP contribution in [0.4, 0.5) is 0 Å². The maximum atomic E-state index is 8.60. The first-order valence-electron chi connectivity index (χ1n) is 3.33. The van der Waals surface area contributed by atoms with Crippen LogP contribution in [0.3, 0.4) is 0 Å². The number of nitrogens with two attached hydrogens (primary N) is 1. The Hall–Kier alpha value is -1.18. The van der Waals surface area contributed by atoms with Gasteiger partial charge in [-0.2, -0.15) is 14.0 Å². The molecule has 7 heteroatoms. The van der Waals surface area contributed by atoms with Gasteiger partial charge in [0.25, 0.3) is 0 Å². The van der Waals surface area contributed by atoms with Gasteiger partial charge in [0, 0.05) is 5.56 Å². The lowest BCUT2D eigenvalue weighted by Gasteiger charge is -2.03. The van der Waals surface area contributed by atoms with E-state index in [1.165, 1.54) is 0 Å². The van der Waals surface area contributed by atoms with Crippen molar-refractivity contribution in [2.75, 3.05) is 0 Å². The third-order valence-electron chi connectivity index (χ3n) is 1.08. The molecule has 78 valence electrons. The van der Waals surface area contributed by atoms with E-state index >= 15 is 0 Å². The summed E-state index contributed by atoms with van der Waals surface area (Å²) in [6.07, 6.45) is 0. The molecular weight excluding hydrogens is 212 g/mol. The van der Waals surface area contributed by atoms with Crippen molar-refractivity contribution in [2.45, 2.75) is 0 Å². The van der Waals surface area contributed by atoms with Crippen LogP contribution in [-0.4, -0.2) is 10.5 Å². The van der Waals surface area contributed by atoms with Crippen LogP contribution in [0.25, 0.3) is 0 Å². The second kappa shape index (κ2) is 5.53. The molecule has 0 atom stereocenters. The lowest BCUT2D eigenvalue weighted by Crippen LogP contribution is -2.58. The van der Waals surface area contributed by atoms with Crippen molar-refractivity contribution < 1.29 is 28.9 Å². The molecule has 0 aliphatic heterocycles. The van der Waals surface area contributed by atoms with E-state index in [9.17, 15) is 0 Å². The van der Waals surface area contributed by atoms with E-state index in [0.717, 1.165) is 5.56 Å². The van der Waals surface area contributed by atoms with Gasteiger partial charge in [0.1, 0.15) is 5.84 Å². The Morgan fingerprint density at radius 1 is 1.21 bits per heavy atom. The van der Waals surface area contributed by atoms with Crippen molar-refractivity contribution in [3.05, 3.63) is 35.9 Å². The number of benzene rings is 1. The molecule has 0 amide bonds. The highest BCUT2D eigenvalue weighted by Crippen LogP contribution is 1.94. The van der Waals surface area contributed by atoms with Crippen LogP contribution >= 0.6 is 0 Å². The summed E-state index contributed by atoms with van der Waals surface area (Å²) < 4.78 is 32.7. The molecule has 1 aromatic carbocycles. The molecule has 0 aromatic heterocycles. The molecule has 0 saturated heterocycles. The molecule has 6 nitrogen and oxygen atoms in total. The second-order valence-corrected chi connectivity index (χ2v) is 2.97. The summed E-state index contributed by atoms with van der Waals surface area (Å²) in [5.41, 5.74) is 5.97. The topological polar surface area (TPSA) is 139 Å². The van der Waals surface area contributed by atoms with Crippen LogP contribution in [0.1, 0.15) is 5.56 Å². The van der Waals surface area contributed by atoms with E-state index in [-0.39, 0.29) is 5.84 Å². The SMILES string of the molecule is N=C(N)c1ccccc1.[O-][Cl+3]([O-])([O-])O.